The van der Waals surface area contributed by atoms with Gasteiger partial charge < -0.3 is 4.85 Å². The van der Waals surface area contributed by atoms with Crippen LogP contribution in [0.1, 0.15) is 35.0 Å². The van der Waals surface area contributed by atoms with E-state index in [9.17, 15) is 13.2 Å². The lowest BCUT2D eigenvalue weighted by Gasteiger charge is -2.07. The summed E-state index contributed by atoms with van der Waals surface area (Å²) in [7, 11) is 0. The standard InChI is InChI=1S/C14H11F3N2S.C12H10N2S/c1-13(2,18-3)12-19-11(8-20-12)9-4-6-10(7-5-9)14(15,16)17;1-9-2-4-10(5-3-9)11-8-15-12(14-11)6-7-13/h4-8H,1-2H3;2-5,8H,6H2,1H3. The van der Waals surface area contributed by atoms with Gasteiger partial charge in [-0.15, -0.1) is 22.7 Å². The van der Waals surface area contributed by atoms with Crippen LogP contribution < -0.4 is 0 Å². The summed E-state index contributed by atoms with van der Waals surface area (Å²) in [6.07, 6.45) is -3.94. The second-order valence-corrected chi connectivity index (χ2v) is 9.91. The number of hydrogen-bond donors (Lipinski definition) is 0. The topological polar surface area (TPSA) is 53.9 Å². The Morgan fingerprint density at radius 1 is 0.914 bits per heavy atom. The average Bonchev–Trinajstić information content (AvgIpc) is 3.51. The molecule has 4 aromatic rings. The molecule has 0 saturated carbocycles. The second-order valence-electron chi connectivity index (χ2n) is 8.11. The molecule has 4 rings (SSSR count). The van der Waals surface area contributed by atoms with Gasteiger partial charge in [0.25, 0.3) is 5.54 Å². The molecule has 0 aliphatic heterocycles. The molecule has 2 aromatic carbocycles. The van der Waals surface area contributed by atoms with Crippen LogP contribution in [0.15, 0.2) is 59.3 Å². The first-order chi connectivity index (χ1) is 16.5. The van der Waals surface area contributed by atoms with Gasteiger partial charge in [-0.05, 0) is 19.1 Å². The molecule has 2 heterocycles. The monoisotopic (exact) mass is 510 g/mol. The first-order valence-corrected chi connectivity index (χ1v) is 12.2. The minimum Gasteiger partial charge on any atom is -0.303 e. The summed E-state index contributed by atoms with van der Waals surface area (Å²) in [5.41, 5.74) is 3.13. The minimum atomic E-state index is -4.34. The average molecular weight is 511 g/mol. The molecule has 0 radical (unpaired) electrons. The number of aromatic nitrogens is 2. The van der Waals surface area contributed by atoms with Crippen molar-refractivity contribution in [3.05, 3.63) is 91.9 Å². The third-order valence-corrected chi connectivity index (χ3v) is 6.95. The molecule has 0 unspecified atom stereocenters. The van der Waals surface area contributed by atoms with Crippen LogP contribution in [0.5, 0.6) is 0 Å². The molecule has 9 heteroatoms. The Labute approximate surface area is 210 Å². The Morgan fingerprint density at radius 3 is 2.00 bits per heavy atom. The lowest BCUT2D eigenvalue weighted by atomic mass is 10.1. The number of nitrogens with zero attached hydrogens (tertiary/aromatic N) is 4. The summed E-state index contributed by atoms with van der Waals surface area (Å²) in [5.74, 6) is 0. The summed E-state index contributed by atoms with van der Waals surface area (Å²) >= 11 is 2.88. The third kappa shape index (κ3) is 6.75. The number of aryl methyl sites for hydroxylation is 1. The zero-order chi connectivity index (χ0) is 25.6. The van der Waals surface area contributed by atoms with E-state index in [0.717, 1.165) is 28.4 Å². The number of hydrogen-bond acceptors (Lipinski definition) is 5. The van der Waals surface area contributed by atoms with Crippen molar-refractivity contribution in [1.29, 1.82) is 5.26 Å². The molecule has 0 aliphatic carbocycles. The van der Waals surface area contributed by atoms with Gasteiger partial charge in [-0.2, -0.15) is 18.4 Å². The Bertz CT molecular complexity index is 1350. The number of alkyl halides is 3. The van der Waals surface area contributed by atoms with Crippen LogP contribution in [0.2, 0.25) is 0 Å². The Morgan fingerprint density at radius 2 is 1.46 bits per heavy atom. The fraction of sp³-hybridized carbons (Fsp3) is 0.231. The molecule has 2 aromatic heterocycles. The summed E-state index contributed by atoms with van der Waals surface area (Å²) in [4.78, 5) is 12.2. The van der Waals surface area contributed by atoms with Gasteiger partial charge in [0.05, 0.1) is 29.4 Å². The van der Waals surface area contributed by atoms with E-state index in [1.807, 2.05) is 5.38 Å². The predicted molar refractivity (Wildman–Crippen MR) is 134 cm³/mol. The van der Waals surface area contributed by atoms with Crippen LogP contribution in [-0.4, -0.2) is 9.97 Å². The van der Waals surface area contributed by atoms with E-state index < -0.39 is 17.3 Å². The van der Waals surface area contributed by atoms with Crippen molar-refractivity contribution in [2.24, 2.45) is 0 Å². The van der Waals surface area contributed by atoms with Crippen molar-refractivity contribution in [3.8, 4) is 28.6 Å². The van der Waals surface area contributed by atoms with Crippen LogP contribution in [0, 0.1) is 24.8 Å². The number of thiazole rings is 2. The van der Waals surface area contributed by atoms with Gasteiger partial charge in [0, 0.05) is 35.7 Å². The third-order valence-electron chi connectivity index (χ3n) is 4.94. The van der Waals surface area contributed by atoms with Gasteiger partial charge in [0.15, 0.2) is 5.01 Å². The largest absolute Gasteiger partial charge is 0.416 e. The van der Waals surface area contributed by atoms with Crippen LogP contribution >= 0.6 is 22.7 Å². The predicted octanol–water partition coefficient (Wildman–Crippen LogP) is 8.17. The maximum atomic E-state index is 12.5. The summed E-state index contributed by atoms with van der Waals surface area (Å²) < 4.78 is 37.4. The van der Waals surface area contributed by atoms with Crippen molar-refractivity contribution in [2.75, 3.05) is 0 Å². The van der Waals surface area contributed by atoms with Crippen molar-refractivity contribution in [1.82, 2.24) is 9.97 Å². The quantitative estimate of drug-likeness (QED) is 0.260. The maximum Gasteiger partial charge on any atom is 0.416 e. The normalized spacial score (nSPS) is 11.2. The molecule has 35 heavy (non-hydrogen) atoms. The van der Waals surface area contributed by atoms with Gasteiger partial charge in [-0.3, -0.25) is 0 Å². The summed E-state index contributed by atoms with van der Waals surface area (Å²) in [5, 5.41) is 13.8. The van der Waals surface area contributed by atoms with Gasteiger partial charge >= 0.3 is 6.18 Å². The molecule has 0 amide bonds. The summed E-state index contributed by atoms with van der Waals surface area (Å²) in [6, 6.07) is 15.2. The first kappa shape index (κ1) is 26.1. The zero-order valence-electron chi connectivity index (χ0n) is 19.2. The molecular formula is C26H21F3N4S2. The van der Waals surface area contributed by atoms with Crippen molar-refractivity contribution < 1.29 is 13.2 Å². The van der Waals surface area contributed by atoms with Gasteiger partial charge in [0.1, 0.15) is 5.01 Å². The lowest BCUT2D eigenvalue weighted by molar-refractivity contribution is -0.137. The van der Waals surface area contributed by atoms with E-state index in [1.54, 1.807) is 19.2 Å². The number of rotatable bonds is 4. The van der Waals surface area contributed by atoms with E-state index in [-0.39, 0.29) is 0 Å². The smallest absolute Gasteiger partial charge is 0.303 e. The highest BCUT2D eigenvalue weighted by atomic mass is 32.1. The van der Waals surface area contributed by atoms with E-state index in [1.165, 1.54) is 40.4 Å². The lowest BCUT2D eigenvalue weighted by Crippen LogP contribution is -2.10. The fourth-order valence-electron chi connectivity index (χ4n) is 2.88. The highest BCUT2D eigenvalue weighted by molar-refractivity contribution is 7.10. The van der Waals surface area contributed by atoms with E-state index in [4.69, 9.17) is 11.8 Å². The van der Waals surface area contributed by atoms with E-state index >= 15 is 0 Å². The second kappa shape index (κ2) is 10.8. The van der Waals surface area contributed by atoms with Crippen LogP contribution in [0.4, 0.5) is 13.2 Å². The Kier molecular flexibility index (Phi) is 8.06. The molecule has 0 aliphatic rings. The van der Waals surface area contributed by atoms with Crippen molar-refractivity contribution >= 4 is 22.7 Å². The van der Waals surface area contributed by atoms with Gasteiger partial charge in [-0.1, -0.05) is 42.0 Å². The Hall–Kier alpha value is -3.53. The SMILES string of the molecule is Cc1ccc(-c2csc(CC#N)n2)cc1.[C-]#[N+]C(C)(C)c1nc(-c2ccc(C(F)(F)F)cc2)cs1. The molecule has 0 bridgehead atoms. The molecule has 0 fully saturated rings. The molecule has 178 valence electrons. The molecule has 4 nitrogen and oxygen atoms in total. The molecule has 0 saturated heterocycles. The van der Waals surface area contributed by atoms with Crippen LogP contribution in [-0.2, 0) is 18.1 Å². The minimum absolute atomic E-state index is 0.399. The molecule has 0 atom stereocenters. The number of halogens is 3. The van der Waals surface area contributed by atoms with Crippen molar-refractivity contribution in [3.63, 3.8) is 0 Å². The zero-order valence-corrected chi connectivity index (χ0v) is 20.9. The highest BCUT2D eigenvalue weighted by Gasteiger charge is 2.31. The number of benzene rings is 2. The van der Waals surface area contributed by atoms with Crippen LogP contribution in [0.25, 0.3) is 27.4 Å². The van der Waals surface area contributed by atoms with Gasteiger partial charge in [-0.25, -0.2) is 16.5 Å². The number of nitriles is 1. The van der Waals surface area contributed by atoms with E-state index in [2.05, 4.69) is 52.1 Å². The maximum absolute atomic E-state index is 12.5. The molecular weight excluding hydrogens is 489 g/mol. The summed E-state index contributed by atoms with van der Waals surface area (Å²) in [6.45, 7) is 12.7. The fourth-order valence-corrected chi connectivity index (χ4v) is 4.51. The Balaban J connectivity index is 0.000000203. The van der Waals surface area contributed by atoms with Gasteiger partial charge in [0.2, 0.25) is 0 Å². The van der Waals surface area contributed by atoms with Crippen molar-refractivity contribution in [2.45, 2.75) is 38.9 Å². The highest BCUT2D eigenvalue weighted by Crippen LogP contribution is 2.33. The molecule has 0 spiro atoms. The van der Waals surface area contributed by atoms with E-state index in [0.29, 0.717) is 22.7 Å². The first-order valence-electron chi connectivity index (χ1n) is 10.4. The molecule has 0 N–H and O–H groups in total. The van der Waals surface area contributed by atoms with Crippen LogP contribution in [0.3, 0.4) is 0 Å².